The Kier molecular flexibility index (Phi) is 9.92. The van der Waals surface area contributed by atoms with E-state index in [1.807, 2.05) is 0 Å². The molecular weight excluding hydrogens is 622 g/mol. The monoisotopic (exact) mass is 657 g/mol. The fourth-order valence-electron chi connectivity index (χ4n) is 5.20. The molecule has 1 atom stereocenters. The first-order chi connectivity index (χ1) is 23.0. The minimum Gasteiger partial charge on any atom is -0.491 e. The average Bonchev–Trinajstić information content (AvgIpc) is 3.60. The standard InChI is InChI=1S/C34H35N5O9/c1-6-45-32(41)23-9-7-8-10-28(23)46-16-15-35-31(40)21-11-13-24-27(17-21)38(5)29(36-24)20(4)30-37-25-18-22(48-34(44)47-19(2)3)12-14-26(25)39(30)33(42)43/h7-14,17-20H,6,15-16H2,1-5H3,(H,35,40)(H,42,43). The maximum atomic E-state index is 13.0. The van der Waals surface area contributed by atoms with Gasteiger partial charge in [-0.05, 0) is 70.2 Å². The number of aromatic nitrogens is 4. The largest absolute Gasteiger partial charge is 0.514 e. The van der Waals surface area contributed by atoms with E-state index in [0.717, 1.165) is 4.57 Å². The molecule has 0 saturated heterocycles. The van der Waals surface area contributed by atoms with Crippen LogP contribution in [0.4, 0.5) is 9.59 Å². The van der Waals surface area contributed by atoms with Crippen LogP contribution in [-0.2, 0) is 16.5 Å². The molecule has 2 aromatic heterocycles. The Morgan fingerprint density at radius 3 is 2.40 bits per heavy atom. The van der Waals surface area contributed by atoms with Crippen LogP contribution in [0.5, 0.6) is 11.5 Å². The summed E-state index contributed by atoms with van der Waals surface area (Å²) >= 11 is 0. The lowest BCUT2D eigenvalue weighted by molar-refractivity contribution is 0.0520. The van der Waals surface area contributed by atoms with E-state index in [1.54, 1.807) is 81.8 Å². The molecule has 3 aromatic carbocycles. The van der Waals surface area contributed by atoms with Gasteiger partial charge in [0.15, 0.2) is 0 Å². The highest BCUT2D eigenvalue weighted by atomic mass is 16.7. The third kappa shape index (κ3) is 7.07. The van der Waals surface area contributed by atoms with E-state index < -0.39 is 24.1 Å². The number of carbonyl (C=O) groups excluding carboxylic acids is 3. The summed E-state index contributed by atoms with van der Waals surface area (Å²) < 4.78 is 23.9. The first-order valence-corrected chi connectivity index (χ1v) is 15.3. The van der Waals surface area contributed by atoms with Gasteiger partial charge in [-0.25, -0.2) is 28.9 Å². The second kappa shape index (κ2) is 14.2. The molecule has 48 heavy (non-hydrogen) atoms. The Balaban J connectivity index is 1.32. The van der Waals surface area contributed by atoms with Crippen molar-refractivity contribution in [2.45, 2.75) is 39.7 Å². The van der Waals surface area contributed by atoms with E-state index in [4.69, 9.17) is 23.9 Å². The van der Waals surface area contributed by atoms with Crippen LogP contribution in [0.25, 0.3) is 22.1 Å². The van der Waals surface area contributed by atoms with Gasteiger partial charge in [0.2, 0.25) is 0 Å². The van der Waals surface area contributed by atoms with Crippen molar-refractivity contribution < 1.29 is 43.2 Å². The average molecular weight is 658 g/mol. The van der Waals surface area contributed by atoms with Crippen molar-refractivity contribution in [2.24, 2.45) is 7.05 Å². The zero-order valence-corrected chi connectivity index (χ0v) is 27.1. The lowest BCUT2D eigenvalue weighted by atomic mass is 10.1. The first-order valence-electron chi connectivity index (χ1n) is 15.3. The zero-order valence-electron chi connectivity index (χ0n) is 27.1. The molecule has 0 fully saturated rings. The number of carbonyl (C=O) groups is 4. The van der Waals surface area contributed by atoms with Crippen molar-refractivity contribution in [3.8, 4) is 11.5 Å². The molecule has 5 rings (SSSR count). The summed E-state index contributed by atoms with van der Waals surface area (Å²) in [5.41, 5.74) is 2.56. The molecule has 14 heteroatoms. The van der Waals surface area contributed by atoms with Gasteiger partial charge in [-0.3, -0.25) is 4.79 Å². The van der Waals surface area contributed by atoms with E-state index in [2.05, 4.69) is 10.3 Å². The molecule has 0 radical (unpaired) electrons. The van der Waals surface area contributed by atoms with Gasteiger partial charge < -0.3 is 33.9 Å². The molecule has 250 valence electrons. The molecule has 0 spiro atoms. The molecule has 14 nitrogen and oxygen atoms in total. The minimum atomic E-state index is -1.24. The lowest BCUT2D eigenvalue weighted by Gasteiger charge is -2.12. The quantitative estimate of drug-likeness (QED) is 0.104. The van der Waals surface area contributed by atoms with Crippen molar-refractivity contribution >= 4 is 46.2 Å². The number of hydrogen-bond donors (Lipinski definition) is 2. The molecule has 2 heterocycles. The number of rotatable bonds is 11. The topological polar surface area (TPSA) is 173 Å². The van der Waals surface area contributed by atoms with Crippen molar-refractivity contribution in [2.75, 3.05) is 19.8 Å². The number of esters is 1. The van der Waals surface area contributed by atoms with Gasteiger partial charge in [0.1, 0.15) is 35.3 Å². The number of hydrogen-bond acceptors (Lipinski definition) is 10. The fraction of sp³-hybridized carbons (Fsp3) is 0.294. The third-order valence-corrected chi connectivity index (χ3v) is 7.36. The summed E-state index contributed by atoms with van der Waals surface area (Å²) in [7, 11) is 1.78. The third-order valence-electron chi connectivity index (χ3n) is 7.36. The Morgan fingerprint density at radius 1 is 0.917 bits per heavy atom. The smallest absolute Gasteiger partial charge is 0.491 e. The first kappa shape index (κ1) is 33.4. The molecule has 1 unspecified atom stereocenters. The maximum Gasteiger partial charge on any atom is 0.514 e. The van der Waals surface area contributed by atoms with Crippen LogP contribution in [0.3, 0.4) is 0 Å². The molecule has 0 aliphatic heterocycles. The van der Waals surface area contributed by atoms with Crippen molar-refractivity contribution in [3.63, 3.8) is 0 Å². The summed E-state index contributed by atoms with van der Waals surface area (Å²) in [6, 6.07) is 16.2. The van der Waals surface area contributed by atoms with Gasteiger partial charge in [0.25, 0.3) is 5.91 Å². The number of amides is 1. The second-order valence-corrected chi connectivity index (χ2v) is 11.0. The van der Waals surface area contributed by atoms with E-state index in [-0.39, 0.29) is 43.3 Å². The van der Waals surface area contributed by atoms with Crippen LogP contribution in [-0.4, -0.2) is 74.2 Å². The molecule has 0 bridgehead atoms. The van der Waals surface area contributed by atoms with E-state index >= 15 is 0 Å². The number of carboxylic acid groups (broad SMARTS) is 1. The molecular formula is C34H35N5O9. The summed E-state index contributed by atoms with van der Waals surface area (Å²) in [6.07, 6.45) is -2.49. The normalized spacial score (nSPS) is 11.8. The van der Waals surface area contributed by atoms with Gasteiger partial charge in [0, 0.05) is 18.7 Å². The molecule has 5 aromatic rings. The van der Waals surface area contributed by atoms with Crippen molar-refractivity contribution in [3.05, 3.63) is 83.4 Å². The summed E-state index contributed by atoms with van der Waals surface area (Å²) in [6.45, 7) is 7.44. The van der Waals surface area contributed by atoms with Crippen LogP contribution in [0, 0.1) is 0 Å². The number of nitrogens with zero attached hydrogens (tertiary/aromatic N) is 4. The number of nitrogens with one attached hydrogen (secondary N) is 1. The maximum absolute atomic E-state index is 13.0. The molecule has 2 N–H and O–H groups in total. The minimum absolute atomic E-state index is 0.123. The summed E-state index contributed by atoms with van der Waals surface area (Å²) in [5, 5.41) is 12.9. The molecule has 1 amide bonds. The van der Waals surface area contributed by atoms with Crippen LogP contribution in [0.1, 0.15) is 66.0 Å². The van der Waals surface area contributed by atoms with Crippen LogP contribution in [0.2, 0.25) is 0 Å². The highest BCUT2D eigenvalue weighted by Gasteiger charge is 2.26. The highest BCUT2D eigenvalue weighted by Crippen LogP contribution is 2.31. The lowest BCUT2D eigenvalue weighted by Crippen LogP contribution is -2.28. The van der Waals surface area contributed by atoms with Crippen LogP contribution >= 0.6 is 0 Å². The fourth-order valence-corrected chi connectivity index (χ4v) is 5.20. The number of para-hydroxylation sites is 1. The Hall–Kier alpha value is -5.92. The molecule has 0 aliphatic rings. The summed E-state index contributed by atoms with van der Waals surface area (Å²) in [5.74, 6) is -0.166. The van der Waals surface area contributed by atoms with Gasteiger partial charge >= 0.3 is 18.2 Å². The van der Waals surface area contributed by atoms with Gasteiger partial charge in [-0.2, -0.15) is 0 Å². The van der Waals surface area contributed by atoms with Gasteiger partial charge in [-0.1, -0.05) is 12.1 Å². The Labute approximate surface area is 275 Å². The number of ether oxygens (including phenoxy) is 4. The molecule has 0 saturated carbocycles. The second-order valence-electron chi connectivity index (χ2n) is 11.0. The SMILES string of the molecule is CCOC(=O)c1ccccc1OCCNC(=O)c1ccc2nc(C(C)c3nc4cc(OC(=O)OC(C)C)ccc4n3C(=O)O)n(C)c2c1. The predicted molar refractivity (Wildman–Crippen MR) is 174 cm³/mol. The van der Waals surface area contributed by atoms with E-state index in [0.29, 0.717) is 44.8 Å². The Morgan fingerprint density at radius 2 is 1.67 bits per heavy atom. The van der Waals surface area contributed by atoms with Crippen molar-refractivity contribution in [1.82, 2.24) is 24.4 Å². The number of benzene rings is 3. The Bertz CT molecular complexity index is 2010. The number of aryl methyl sites for hydroxylation is 1. The number of imidazole rings is 2. The van der Waals surface area contributed by atoms with Crippen LogP contribution in [0.15, 0.2) is 60.7 Å². The van der Waals surface area contributed by atoms with Crippen molar-refractivity contribution in [1.29, 1.82) is 0 Å². The summed E-state index contributed by atoms with van der Waals surface area (Å²) in [4.78, 5) is 58.8. The van der Waals surface area contributed by atoms with E-state index in [9.17, 15) is 24.3 Å². The van der Waals surface area contributed by atoms with Crippen LogP contribution < -0.4 is 14.8 Å². The highest BCUT2D eigenvalue weighted by molar-refractivity contribution is 5.97. The predicted octanol–water partition coefficient (Wildman–Crippen LogP) is 5.51. The number of fused-ring (bicyclic) bond motifs is 2. The zero-order chi connectivity index (χ0) is 34.5. The molecule has 0 aliphatic carbocycles. The van der Waals surface area contributed by atoms with Gasteiger partial charge in [-0.15, -0.1) is 0 Å². The van der Waals surface area contributed by atoms with Gasteiger partial charge in [0.05, 0.1) is 47.2 Å². The van der Waals surface area contributed by atoms with E-state index in [1.165, 1.54) is 18.2 Å².